The Kier molecular flexibility index (Phi) is 3.11. The standard InChI is InChI=1S/C13H20OS/c1-12(2,3)10-7-9(15)8-11(14-10)13(4,5)6/h7-8H,1-6H3. The van der Waals surface area contributed by atoms with Crippen LogP contribution in [0.15, 0.2) is 16.5 Å². The van der Waals surface area contributed by atoms with Gasteiger partial charge in [-0.15, -0.1) is 0 Å². The molecule has 0 saturated carbocycles. The van der Waals surface area contributed by atoms with Crippen molar-refractivity contribution in [3.05, 3.63) is 28.2 Å². The van der Waals surface area contributed by atoms with E-state index < -0.39 is 0 Å². The van der Waals surface area contributed by atoms with E-state index >= 15 is 0 Å². The Morgan fingerprint density at radius 3 is 1.47 bits per heavy atom. The van der Waals surface area contributed by atoms with E-state index in [1.54, 1.807) is 0 Å². The van der Waals surface area contributed by atoms with Crippen molar-refractivity contribution in [2.45, 2.75) is 52.4 Å². The fourth-order valence-corrected chi connectivity index (χ4v) is 1.43. The zero-order valence-electron chi connectivity index (χ0n) is 10.5. The van der Waals surface area contributed by atoms with Crippen LogP contribution in [0.3, 0.4) is 0 Å². The van der Waals surface area contributed by atoms with Crippen molar-refractivity contribution in [2.75, 3.05) is 0 Å². The van der Waals surface area contributed by atoms with Crippen LogP contribution in [0.2, 0.25) is 0 Å². The van der Waals surface area contributed by atoms with Gasteiger partial charge in [0.1, 0.15) is 11.5 Å². The molecule has 0 aliphatic heterocycles. The Bertz CT molecular complexity index is 367. The maximum absolute atomic E-state index is 5.92. The molecule has 0 aliphatic carbocycles. The number of hydrogen-bond donors (Lipinski definition) is 0. The van der Waals surface area contributed by atoms with Gasteiger partial charge in [-0.1, -0.05) is 53.8 Å². The van der Waals surface area contributed by atoms with Gasteiger partial charge in [0.25, 0.3) is 0 Å². The van der Waals surface area contributed by atoms with Gasteiger partial charge >= 0.3 is 0 Å². The van der Waals surface area contributed by atoms with Gasteiger partial charge in [0.2, 0.25) is 0 Å². The van der Waals surface area contributed by atoms with Crippen LogP contribution in [0.5, 0.6) is 0 Å². The summed E-state index contributed by atoms with van der Waals surface area (Å²) in [5, 5.41) is 0. The molecule has 0 bridgehead atoms. The molecule has 0 radical (unpaired) electrons. The first kappa shape index (κ1) is 12.4. The maximum atomic E-state index is 5.92. The summed E-state index contributed by atoms with van der Waals surface area (Å²) in [6.07, 6.45) is 0. The van der Waals surface area contributed by atoms with E-state index in [1.807, 2.05) is 12.1 Å². The van der Waals surface area contributed by atoms with Gasteiger partial charge in [0.05, 0.1) is 0 Å². The molecule has 0 saturated heterocycles. The predicted molar refractivity (Wildman–Crippen MR) is 66.9 cm³/mol. The van der Waals surface area contributed by atoms with Crippen LogP contribution >= 0.6 is 12.2 Å². The van der Waals surface area contributed by atoms with E-state index in [-0.39, 0.29) is 10.8 Å². The lowest BCUT2D eigenvalue weighted by Crippen LogP contribution is -2.16. The van der Waals surface area contributed by atoms with Crippen molar-refractivity contribution < 1.29 is 4.42 Å². The van der Waals surface area contributed by atoms with E-state index in [9.17, 15) is 0 Å². The van der Waals surface area contributed by atoms with Crippen molar-refractivity contribution in [3.63, 3.8) is 0 Å². The zero-order chi connectivity index (χ0) is 11.9. The van der Waals surface area contributed by atoms with Gasteiger partial charge in [0.15, 0.2) is 0 Å². The number of rotatable bonds is 0. The second-order valence-electron chi connectivity index (χ2n) is 6.02. The van der Waals surface area contributed by atoms with E-state index in [2.05, 4.69) is 41.5 Å². The minimum Gasteiger partial charge on any atom is -0.465 e. The lowest BCUT2D eigenvalue weighted by molar-refractivity contribution is 0.328. The molecule has 84 valence electrons. The van der Waals surface area contributed by atoms with Gasteiger partial charge < -0.3 is 4.42 Å². The fraction of sp³-hybridized carbons (Fsp3) is 0.615. The van der Waals surface area contributed by atoms with E-state index in [0.717, 1.165) is 16.0 Å². The lowest BCUT2D eigenvalue weighted by atomic mass is 9.90. The van der Waals surface area contributed by atoms with Gasteiger partial charge in [-0.3, -0.25) is 0 Å². The molecule has 0 atom stereocenters. The highest BCUT2D eigenvalue weighted by molar-refractivity contribution is 7.71. The predicted octanol–water partition coefficient (Wildman–Crippen LogP) is 4.60. The smallest absolute Gasteiger partial charge is 0.110 e. The normalized spacial score (nSPS) is 12.9. The molecule has 1 rings (SSSR count). The van der Waals surface area contributed by atoms with Crippen LogP contribution in [0.25, 0.3) is 0 Å². The molecule has 0 spiro atoms. The molecule has 0 aliphatic rings. The molecule has 15 heavy (non-hydrogen) atoms. The summed E-state index contributed by atoms with van der Waals surface area (Å²) in [7, 11) is 0. The van der Waals surface area contributed by atoms with E-state index in [0.29, 0.717) is 0 Å². The monoisotopic (exact) mass is 224 g/mol. The molecule has 1 aromatic heterocycles. The minimum atomic E-state index is 0.00875. The average molecular weight is 224 g/mol. The maximum Gasteiger partial charge on any atom is 0.110 e. The highest BCUT2D eigenvalue weighted by atomic mass is 32.1. The Balaban J connectivity index is 3.36. The lowest BCUT2D eigenvalue weighted by Gasteiger charge is -2.22. The highest BCUT2D eigenvalue weighted by Gasteiger charge is 2.22. The molecular formula is C13H20OS. The van der Waals surface area contributed by atoms with Crippen molar-refractivity contribution in [2.24, 2.45) is 0 Å². The number of hydrogen-bond acceptors (Lipinski definition) is 2. The van der Waals surface area contributed by atoms with Crippen LogP contribution in [0.1, 0.15) is 53.1 Å². The molecule has 0 amide bonds. The van der Waals surface area contributed by atoms with Crippen molar-refractivity contribution in [1.29, 1.82) is 0 Å². The van der Waals surface area contributed by atoms with Crippen LogP contribution in [0.4, 0.5) is 0 Å². The molecule has 0 unspecified atom stereocenters. The van der Waals surface area contributed by atoms with Crippen molar-refractivity contribution >= 4 is 12.2 Å². The van der Waals surface area contributed by atoms with Crippen LogP contribution < -0.4 is 0 Å². The molecule has 1 aromatic rings. The molecule has 0 fully saturated rings. The van der Waals surface area contributed by atoms with E-state index in [4.69, 9.17) is 16.6 Å². The molecular weight excluding hydrogens is 204 g/mol. The average Bonchev–Trinajstić information content (AvgIpc) is 1.99. The first-order chi connectivity index (χ1) is 6.60. The summed E-state index contributed by atoms with van der Waals surface area (Å²) >= 11 is 5.26. The summed E-state index contributed by atoms with van der Waals surface area (Å²) in [6, 6.07) is 3.90. The van der Waals surface area contributed by atoms with Gasteiger partial charge in [-0.2, -0.15) is 0 Å². The van der Waals surface area contributed by atoms with Gasteiger partial charge in [-0.05, 0) is 12.1 Å². The fourth-order valence-electron chi connectivity index (χ4n) is 1.22. The molecule has 2 heteroatoms. The first-order valence-electron chi connectivity index (χ1n) is 5.27. The van der Waals surface area contributed by atoms with Crippen molar-refractivity contribution in [1.82, 2.24) is 0 Å². The minimum absolute atomic E-state index is 0.00875. The van der Waals surface area contributed by atoms with Gasteiger partial charge in [-0.25, -0.2) is 0 Å². The Labute approximate surface area is 97.5 Å². The van der Waals surface area contributed by atoms with Crippen molar-refractivity contribution in [3.8, 4) is 0 Å². The van der Waals surface area contributed by atoms with Crippen LogP contribution in [-0.4, -0.2) is 0 Å². The van der Waals surface area contributed by atoms with E-state index in [1.165, 1.54) is 0 Å². The quantitative estimate of drug-likeness (QED) is 0.597. The third-order valence-corrected chi connectivity index (χ3v) is 2.48. The summed E-state index contributed by atoms with van der Waals surface area (Å²) in [4.78, 5) is 0. The van der Waals surface area contributed by atoms with Gasteiger partial charge in [0, 0.05) is 15.3 Å². The topological polar surface area (TPSA) is 13.1 Å². The first-order valence-corrected chi connectivity index (χ1v) is 5.68. The van der Waals surface area contributed by atoms with Crippen LogP contribution in [-0.2, 0) is 10.8 Å². The summed E-state index contributed by atoms with van der Waals surface area (Å²) in [5.74, 6) is 1.92. The zero-order valence-corrected chi connectivity index (χ0v) is 11.3. The highest BCUT2D eigenvalue weighted by Crippen LogP contribution is 2.28. The summed E-state index contributed by atoms with van der Waals surface area (Å²) in [6.45, 7) is 12.8. The second-order valence-corrected chi connectivity index (χ2v) is 6.49. The summed E-state index contributed by atoms with van der Waals surface area (Å²) < 4.78 is 6.78. The molecule has 0 aromatic carbocycles. The third kappa shape index (κ3) is 3.16. The Morgan fingerprint density at radius 1 is 0.867 bits per heavy atom. The Morgan fingerprint density at radius 2 is 1.20 bits per heavy atom. The molecule has 1 heterocycles. The SMILES string of the molecule is CC(C)(C)c1cc(=S)cc(C(C)(C)C)o1. The largest absolute Gasteiger partial charge is 0.465 e. The Hall–Kier alpha value is -0.630. The molecule has 1 nitrogen and oxygen atoms in total. The van der Waals surface area contributed by atoms with Crippen LogP contribution in [0, 0.1) is 4.51 Å². The summed E-state index contributed by atoms with van der Waals surface area (Å²) in [5.41, 5.74) is 0.0175. The third-order valence-electron chi connectivity index (χ3n) is 2.25. The second kappa shape index (κ2) is 3.75. The molecule has 0 N–H and O–H groups in total.